The predicted molar refractivity (Wildman–Crippen MR) is 86.8 cm³/mol. The summed E-state index contributed by atoms with van der Waals surface area (Å²) in [6.45, 7) is 3.36. The van der Waals surface area contributed by atoms with E-state index < -0.39 is 5.91 Å². The van der Waals surface area contributed by atoms with Crippen molar-refractivity contribution in [3.63, 3.8) is 0 Å². The summed E-state index contributed by atoms with van der Waals surface area (Å²) in [5.41, 5.74) is 4.13. The molecule has 0 atom stereocenters. The molecule has 0 bridgehead atoms. The van der Waals surface area contributed by atoms with Gasteiger partial charge in [-0.25, -0.2) is 5.43 Å². The lowest BCUT2D eigenvalue weighted by Gasteiger charge is -2.08. The van der Waals surface area contributed by atoms with Gasteiger partial charge in [-0.1, -0.05) is 18.2 Å². The Morgan fingerprint density at radius 1 is 1.22 bits per heavy atom. The molecular formula is C17H18N2O4. The van der Waals surface area contributed by atoms with E-state index >= 15 is 0 Å². The van der Waals surface area contributed by atoms with E-state index in [4.69, 9.17) is 4.74 Å². The first-order valence-electron chi connectivity index (χ1n) is 7.01. The first-order valence-corrected chi connectivity index (χ1v) is 7.01. The average molecular weight is 314 g/mol. The summed E-state index contributed by atoms with van der Waals surface area (Å²) < 4.78 is 5.41. The van der Waals surface area contributed by atoms with Crippen LogP contribution in [0.4, 0.5) is 0 Å². The number of ether oxygens (including phenoxy) is 1. The van der Waals surface area contributed by atoms with Gasteiger partial charge in [-0.15, -0.1) is 0 Å². The van der Waals surface area contributed by atoms with E-state index in [0.29, 0.717) is 17.0 Å². The smallest absolute Gasteiger partial charge is 0.277 e. The number of nitrogens with one attached hydrogen (secondary N) is 1. The summed E-state index contributed by atoms with van der Waals surface area (Å²) in [7, 11) is 0. The molecule has 0 fully saturated rings. The van der Waals surface area contributed by atoms with Gasteiger partial charge in [0.15, 0.2) is 6.61 Å². The zero-order valence-corrected chi connectivity index (χ0v) is 12.9. The fourth-order valence-corrected chi connectivity index (χ4v) is 1.93. The number of benzene rings is 2. The number of rotatable bonds is 5. The molecule has 2 rings (SSSR count). The molecule has 0 radical (unpaired) electrons. The van der Waals surface area contributed by atoms with Gasteiger partial charge in [-0.3, -0.25) is 4.79 Å². The molecule has 0 aromatic heterocycles. The van der Waals surface area contributed by atoms with Crippen molar-refractivity contribution in [2.75, 3.05) is 6.61 Å². The van der Waals surface area contributed by atoms with Gasteiger partial charge in [-0.05, 0) is 37.6 Å². The molecule has 6 nitrogen and oxygen atoms in total. The number of nitrogens with zero attached hydrogens (tertiary/aromatic N) is 1. The Morgan fingerprint density at radius 2 is 1.96 bits per heavy atom. The van der Waals surface area contributed by atoms with Crippen molar-refractivity contribution in [1.82, 2.24) is 5.43 Å². The molecule has 0 saturated carbocycles. The molecular weight excluding hydrogens is 296 g/mol. The quantitative estimate of drug-likeness (QED) is 0.583. The second-order valence-electron chi connectivity index (χ2n) is 4.99. The lowest BCUT2D eigenvalue weighted by molar-refractivity contribution is -0.123. The number of hydrogen-bond donors (Lipinski definition) is 3. The predicted octanol–water partition coefficient (Wildman–Crippen LogP) is 2.33. The van der Waals surface area contributed by atoms with Crippen molar-refractivity contribution in [3.05, 3.63) is 53.6 Å². The molecule has 0 spiro atoms. The number of hydrogen-bond acceptors (Lipinski definition) is 5. The van der Waals surface area contributed by atoms with Gasteiger partial charge in [0.2, 0.25) is 0 Å². The molecule has 0 heterocycles. The van der Waals surface area contributed by atoms with E-state index in [1.165, 1.54) is 18.2 Å². The van der Waals surface area contributed by atoms with Crippen molar-refractivity contribution in [3.8, 4) is 17.2 Å². The highest BCUT2D eigenvalue weighted by Crippen LogP contribution is 2.23. The van der Waals surface area contributed by atoms with Crippen LogP contribution in [0.3, 0.4) is 0 Å². The number of hydrazone groups is 1. The average Bonchev–Trinajstić information content (AvgIpc) is 2.52. The van der Waals surface area contributed by atoms with Crippen LogP contribution in [0.5, 0.6) is 17.2 Å². The molecule has 0 aliphatic heterocycles. The maximum atomic E-state index is 11.8. The zero-order valence-electron chi connectivity index (χ0n) is 12.9. The van der Waals surface area contributed by atoms with Crippen LogP contribution < -0.4 is 10.2 Å². The van der Waals surface area contributed by atoms with Crippen LogP contribution in [0.1, 0.15) is 18.1 Å². The second-order valence-corrected chi connectivity index (χ2v) is 4.99. The number of carbonyl (C=O) groups is 1. The third-order valence-electron chi connectivity index (χ3n) is 3.17. The Morgan fingerprint density at radius 3 is 2.65 bits per heavy atom. The molecule has 23 heavy (non-hydrogen) atoms. The Balaban J connectivity index is 1.94. The third kappa shape index (κ3) is 4.47. The van der Waals surface area contributed by atoms with E-state index in [0.717, 1.165) is 5.56 Å². The van der Waals surface area contributed by atoms with E-state index in [-0.39, 0.29) is 18.1 Å². The Kier molecular flexibility index (Phi) is 5.19. The molecule has 0 saturated heterocycles. The molecule has 120 valence electrons. The van der Waals surface area contributed by atoms with Crippen LogP contribution in [-0.4, -0.2) is 28.4 Å². The van der Waals surface area contributed by atoms with Gasteiger partial charge in [0.25, 0.3) is 5.91 Å². The standard InChI is InChI=1S/C17H18N2O4/c1-11-5-3-4-6-16(11)23-10-17(22)19-18-12(2)14-8-7-13(20)9-15(14)21/h3-9,20-21H,10H2,1-2H3,(H,19,22). The van der Waals surface area contributed by atoms with Crippen LogP contribution in [0.2, 0.25) is 0 Å². The lowest BCUT2D eigenvalue weighted by atomic mass is 10.1. The summed E-state index contributed by atoms with van der Waals surface area (Å²) in [4.78, 5) is 11.8. The number of phenolic OH excluding ortho intramolecular Hbond substituents is 2. The first kappa shape index (κ1) is 16.4. The van der Waals surface area contributed by atoms with Crippen molar-refractivity contribution in [1.29, 1.82) is 0 Å². The van der Waals surface area contributed by atoms with Crippen molar-refractivity contribution in [2.45, 2.75) is 13.8 Å². The van der Waals surface area contributed by atoms with Gasteiger partial charge in [0.1, 0.15) is 17.2 Å². The molecule has 2 aromatic carbocycles. The summed E-state index contributed by atoms with van der Waals surface area (Å²) in [5, 5.41) is 22.9. The number of aromatic hydroxyl groups is 2. The van der Waals surface area contributed by atoms with Gasteiger partial charge in [0.05, 0.1) is 5.71 Å². The maximum absolute atomic E-state index is 11.8. The molecule has 3 N–H and O–H groups in total. The minimum Gasteiger partial charge on any atom is -0.508 e. The third-order valence-corrected chi connectivity index (χ3v) is 3.17. The normalized spacial score (nSPS) is 11.1. The maximum Gasteiger partial charge on any atom is 0.277 e. The van der Waals surface area contributed by atoms with E-state index in [2.05, 4.69) is 10.5 Å². The number of carbonyl (C=O) groups excluding carboxylic acids is 1. The molecule has 2 aromatic rings. The van der Waals surface area contributed by atoms with Crippen molar-refractivity contribution >= 4 is 11.6 Å². The Hall–Kier alpha value is -3.02. The van der Waals surface area contributed by atoms with Gasteiger partial charge in [0, 0.05) is 11.6 Å². The molecule has 1 amide bonds. The van der Waals surface area contributed by atoms with Crippen LogP contribution in [0, 0.1) is 6.92 Å². The largest absolute Gasteiger partial charge is 0.508 e. The summed E-state index contributed by atoms with van der Waals surface area (Å²) in [5.74, 6) is 0.0665. The fraction of sp³-hybridized carbons (Fsp3) is 0.176. The molecule has 0 aliphatic carbocycles. The highest BCUT2D eigenvalue weighted by molar-refractivity contribution is 6.01. The van der Waals surface area contributed by atoms with E-state index in [1.807, 2.05) is 25.1 Å². The molecule has 0 unspecified atom stereocenters. The topological polar surface area (TPSA) is 91.2 Å². The van der Waals surface area contributed by atoms with Gasteiger partial charge >= 0.3 is 0 Å². The highest BCUT2D eigenvalue weighted by atomic mass is 16.5. The first-order chi connectivity index (χ1) is 11.0. The van der Waals surface area contributed by atoms with Crippen LogP contribution in [0.25, 0.3) is 0 Å². The van der Waals surface area contributed by atoms with Crippen LogP contribution >= 0.6 is 0 Å². The summed E-state index contributed by atoms with van der Waals surface area (Å²) >= 11 is 0. The minimum absolute atomic E-state index is 0.0466. The SMILES string of the molecule is CC(=NNC(=O)COc1ccccc1C)c1ccc(O)cc1O. The zero-order chi connectivity index (χ0) is 16.8. The fourth-order valence-electron chi connectivity index (χ4n) is 1.93. The molecule has 0 aliphatic rings. The summed E-state index contributed by atoms with van der Waals surface area (Å²) in [6, 6.07) is 11.5. The monoisotopic (exact) mass is 314 g/mol. The number of para-hydroxylation sites is 1. The van der Waals surface area contributed by atoms with E-state index in [1.54, 1.807) is 13.0 Å². The number of phenols is 2. The minimum atomic E-state index is -0.411. The number of aryl methyl sites for hydroxylation is 1. The number of amides is 1. The van der Waals surface area contributed by atoms with Gasteiger partial charge in [-0.2, -0.15) is 5.10 Å². The Bertz CT molecular complexity index is 741. The highest BCUT2D eigenvalue weighted by Gasteiger charge is 2.07. The van der Waals surface area contributed by atoms with E-state index in [9.17, 15) is 15.0 Å². The van der Waals surface area contributed by atoms with Crippen molar-refractivity contribution < 1.29 is 19.7 Å². The lowest BCUT2D eigenvalue weighted by Crippen LogP contribution is -2.25. The molecule has 6 heteroatoms. The second kappa shape index (κ2) is 7.31. The summed E-state index contributed by atoms with van der Waals surface area (Å²) in [6.07, 6.45) is 0. The van der Waals surface area contributed by atoms with Gasteiger partial charge < -0.3 is 14.9 Å². The Labute approximate surface area is 134 Å². The van der Waals surface area contributed by atoms with Crippen LogP contribution in [-0.2, 0) is 4.79 Å². The van der Waals surface area contributed by atoms with Crippen LogP contribution in [0.15, 0.2) is 47.6 Å². The van der Waals surface area contributed by atoms with Crippen molar-refractivity contribution in [2.24, 2.45) is 5.10 Å².